The smallest absolute Gasteiger partial charge is 0.339 e. The first-order chi connectivity index (χ1) is 15.4. The van der Waals surface area contributed by atoms with E-state index in [1.165, 1.54) is 25.1 Å². The van der Waals surface area contributed by atoms with Crippen LogP contribution < -0.4 is 5.32 Å². The van der Waals surface area contributed by atoms with E-state index < -0.39 is 23.9 Å². The van der Waals surface area contributed by atoms with E-state index in [1.54, 1.807) is 30.3 Å². The highest BCUT2D eigenvalue weighted by Crippen LogP contribution is 2.25. The van der Waals surface area contributed by atoms with E-state index >= 15 is 0 Å². The van der Waals surface area contributed by atoms with E-state index in [9.17, 15) is 14.4 Å². The highest BCUT2D eigenvalue weighted by atomic mass is 16.5. The maximum absolute atomic E-state index is 12.8. The Kier molecular flexibility index (Phi) is 5.67. The lowest BCUT2D eigenvalue weighted by Crippen LogP contribution is -2.30. The normalized spacial score (nSPS) is 11.7. The van der Waals surface area contributed by atoms with Gasteiger partial charge >= 0.3 is 11.9 Å². The zero-order valence-electron chi connectivity index (χ0n) is 17.0. The highest BCUT2D eigenvalue weighted by Gasteiger charge is 2.22. The second-order valence-corrected chi connectivity index (χ2v) is 7.07. The predicted molar refractivity (Wildman–Crippen MR) is 118 cm³/mol. The number of hydrogen-bond donors (Lipinski definition) is 3. The van der Waals surface area contributed by atoms with E-state index in [2.05, 4.69) is 15.3 Å². The summed E-state index contributed by atoms with van der Waals surface area (Å²) in [5, 5.41) is 11.6. The van der Waals surface area contributed by atoms with Gasteiger partial charge in [0.25, 0.3) is 5.91 Å². The van der Waals surface area contributed by atoms with Crippen LogP contribution in [-0.2, 0) is 9.53 Å². The molecule has 1 aromatic heterocycles. The second-order valence-electron chi connectivity index (χ2n) is 7.07. The second kappa shape index (κ2) is 8.73. The summed E-state index contributed by atoms with van der Waals surface area (Å²) in [5.41, 5.74) is 2.74. The topological polar surface area (TPSA) is 121 Å². The Morgan fingerprint density at radius 3 is 2.53 bits per heavy atom. The van der Waals surface area contributed by atoms with Gasteiger partial charge < -0.3 is 20.1 Å². The summed E-state index contributed by atoms with van der Waals surface area (Å²) < 4.78 is 5.38. The molecule has 8 heteroatoms. The van der Waals surface area contributed by atoms with Crippen molar-refractivity contribution in [3.63, 3.8) is 0 Å². The fourth-order valence-electron chi connectivity index (χ4n) is 3.20. The molecule has 0 saturated heterocycles. The van der Waals surface area contributed by atoms with Gasteiger partial charge in [-0.15, -0.1) is 0 Å². The first-order valence-electron chi connectivity index (χ1n) is 9.82. The quantitative estimate of drug-likeness (QED) is 0.397. The number of H-pyrrole nitrogens is 1. The SMILES string of the molecule is CC(OC(=O)c1ccccc1-c1nc2ccccc2[nH]1)C(=O)Nc1cccc(C(=O)O)c1. The molecule has 1 amide bonds. The molecule has 1 unspecified atom stereocenters. The van der Waals surface area contributed by atoms with Crippen LogP contribution in [0.25, 0.3) is 22.4 Å². The van der Waals surface area contributed by atoms with E-state index in [-0.39, 0.29) is 11.1 Å². The molecule has 4 aromatic rings. The fourth-order valence-corrected chi connectivity index (χ4v) is 3.20. The van der Waals surface area contributed by atoms with Crippen molar-refractivity contribution in [1.29, 1.82) is 0 Å². The molecule has 0 fully saturated rings. The number of carbonyl (C=O) groups is 3. The number of carbonyl (C=O) groups excluding carboxylic acids is 2. The van der Waals surface area contributed by atoms with Crippen molar-refractivity contribution in [1.82, 2.24) is 9.97 Å². The molecule has 160 valence electrons. The lowest BCUT2D eigenvalue weighted by Gasteiger charge is -2.15. The number of aromatic nitrogens is 2. The standard InChI is InChI=1S/C24H19N3O5/c1-14(22(28)25-16-8-6-7-15(13-16)23(29)30)32-24(31)18-10-3-2-9-17(18)21-26-19-11-4-5-12-20(19)27-21/h2-14H,1H3,(H,25,28)(H,26,27)(H,29,30). The van der Waals surface area contributed by atoms with Crippen LogP contribution in [0.15, 0.2) is 72.8 Å². The van der Waals surface area contributed by atoms with Crippen molar-refractivity contribution in [2.24, 2.45) is 0 Å². The molecular formula is C24H19N3O5. The van der Waals surface area contributed by atoms with E-state index in [1.807, 2.05) is 24.3 Å². The average molecular weight is 429 g/mol. The summed E-state index contributed by atoms with van der Waals surface area (Å²) in [4.78, 5) is 44.1. The molecule has 0 aliphatic rings. The zero-order chi connectivity index (χ0) is 22.7. The van der Waals surface area contributed by atoms with E-state index in [0.717, 1.165) is 11.0 Å². The summed E-state index contributed by atoms with van der Waals surface area (Å²) in [6.07, 6.45) is -1.11. The van der Waals surface area contributed by atoms with Crippen LogP contribution in [0, 0.1) is 0 Å². The van der Waals surface area contributed by atoms with Crippen LogP contribution in [0.1, 0.15) is 27.6 Å². The minimum absolute atomic E-state index is 0.0345. The molecule has 0 saturated carbocycles. The van der Waals surface area contributed by atoms with Gasteiger partial charge in [0.1, 0.15) is 5.82 Å². The molecule has 4 rings (SSSR count). The molecule has 32 heavy (non-hydrogen) atoms. The monoisotopic (exact) mass is 429 g/mol. The van der Waals surface area contributed by atoms with Gasteiger partial charge in [0.05, 0.1) is 22.2 Å². The molecule has 1 atom stereocenters. The molecule has 8 nitrogen and oxygen atoms in total. The van der Waals surface area contributed by atoms with Gasteiger partial charge in [-0.1, -0.05) is 36.4 Å². The third-order valence-electron chi connectivity index (χ3n) is 4.82. The van der Waals surface area contributed by atoms with Gasteiger partial charge in [-0.05, 0) is 43.3 Å². The number of aromatic amines is 1. The van der Waals surface area contributed by atoms with Gasteiger partial charge in [-0.3, -0.25) is 4.79 Å². The highest BCUT2D eigenvalue weighted by molar-refractivity contribution is 6.01. The molecule has 0 spiro atoms. The van der Waals surface area contributed by atoms with Gasteiger partial charge in [-0.2, -0.15) is 0 Å². The van der Waals surface area contributed by atoms with Crippen molar-refractivity contribution in [3.8, 4) is 11.4 Å². The predicted octanol–water partition coefficient (Wildman–Crippen LogP) is 4.11. The number of esters is 1. The number of nitrogens with zero attached hydrogens (tertiary/aromatic N) is 1. The van der Waals surface area contributed by atoms with Crippen molar-refractivity contribution < 1.29 is 24.2 Å². The van der Waals surface area contributed by atoms with E-state index in [0.29, 0.717) is 17.1 Å². The maximum Gasteiger partial charge on any atom is 0.339 e. The molecule has 3 aromatic carbocycles. The number of carboxylic acids is 1. The van der Waals surface area contributed by atoms with Gasteiger partial charge in [0.2, 0.25) is 0 Å². The molecule has 0 aliphatic carbocycles. The summed E-state index contributed by atoms with van der Waals surface area (Å²) in [6.45, 7) is 1.44. The van der Waals surface area contributed by atoms with Crippen LogP contribution in [0.2, 0.25) is 0 Å². The number of para-hydroxylation sites is 2. The van der Waals surface area contributed by atoms with Crippen molar-refractivity contribution in [2.45, 2.75) is 13.0 Å². The number of benzene rings is 3. The Labute approximate surface area is 182 Å². The van der Waals surface area contributed by atoms with Gasteiger partial charge in [0.15, 0.2) is 6.10 Å². The lowest BCUT2D eigenvalue weighted by atomic mass is 10.1. The summed E-state index contributed by atoms with van der Waals surface area (Å²) in [7, 11) is 0. The number of hydrogen-bond acceptors (Lipinski definition) is 5. The number of anilines is 1. The average Bonchev–Trinajstić information content (AvgIpc) is 3.23. The summed E-state index contributed by atoms with van der Waals surface area (Å²) >= 11 is 0. The molecule has 0 aliphatic heterocycles. The number of imidazole rings is 1. The Hall–Kier alpha value is -4.46. The number of rotatable bonds is 6. The van der Waals surface area contributed by atoms with E-state index in [4.69, 9.17) is 9.84 Å². The Balaban J connectivity index is 1.51. The first-order valence-corrected chi connectivity index (χ1v) is 9.82. The maximum atomic E-state index is 12.8. The minimum Gasteiger partial charge on any atom is -0.478 e. The molecule has 0 bridgehead atoms. The van der Waals surface area contributed by atoms with Crippen molar-refractivity contribution in [2.75, 3.05) is 5.32 Å². The van der Waals surface area contributed by atoms with Crippen LogP contribution in [0.5, 0.6) is 0 Å². The Morgan fingerprint density at radius 2 is 1.75 bits per heavy atom. The number of fused-ring (bicyclic) bond motifs is 1. The lowest BCUT2D eigenvalue weighted by molar-refractivity contribution is -0.123. The number of carboxylic acid groups (broad SMARTS) is 1. The van der Waals surface area contributed by atoms with Crippen molar-refractivity contribution in [3.05, 3.63) is 83.9 Å². The third kappa shape index (κ3) is 4.34. The van der Waals surface area contributed by atoms with Crippen LogP contribution in [-0.4, -0.2) is 39.0 Å². The van der Waals surface area contributed by atoms with Crippen LogP contribution in [0.3, 0.4) is 0 Å². The Morgan fingerprint density at radius 1 is 1.00 bits per heavy atom. The van der Waals surface area contributed by atoms with Crippen LogP contribution in [0.4, 0.5) is 5.69 Å². The summed E-state index contributed by atoms with van der Waals surface area (Å²) in [5.74, 6) is -1.85. The number of amides is 1. The number of aromatic carboxylic acids is 1. The third-order valence-corrected chi connectivity index (χ3v) is 4.82. The molecule has 3 N–H and O–H groups in total. The largest absolute Gasteiger partial charge is 0.478 e. The number of ether oxygens (including phenoxy) is 1. The van der Waals surface area contributed by atoms with Gasteiger partial charge in [0, 0.05) is 11.3 Å². The van der Waals surface area contributed by atoms with Gasteiger partial charge in [-0.25, -0.2) is 14.6 Å². The first kappa shape index (κ1) is 20.8. The molecular weight excluding hydrogens is 410 g/mol. The molecule has 1 heterocycles. The fraction of sp³-hybridized carbons (Fsp3) is 0.0833. The number of nitrogens with one attached hydrogen (secondary N) is 2. The Bertz CT molecular complexity index is 1290. The summed E-state index contributed by atoms with van der Waals surface area (Å²) in [6, 6.07) is 20.1. The zero-order valence-corrected chi connectivity index (χ0v) is 17.0. The molecule has 0 radical (unpaired) electrons. The minimum atomic E-state index is -1.11. The van der Waals surface area contributed by atoms with Crippen molar-refractivity contribution >= 4 is 34.6 Å². The van der Waals surface area contributed by atoms with Crippen LogP contribution >= 0.6 is 0 Å².